The highest BCUT2D eigenvalue weighted by Crippen LogP contribution is 2.21. The van der Waals surface area contributed by atoms with Crippen LogP contribution in [-0.2, 0) is 30.4 Å². The normalized spacial score (nSPS) is 16.1. The molecule has 14 heteroatoms. The third-order valence-corrected chi connectivity index (χ3v) is 9.33. The molecule has 4 amide bonds. The highest BCUT2D eigenvalue weighted by atomic mass is 35.5. The van der Waals surface area contributed by atoms with Crippen molar-refractivity contribution in [1.29, 1.82) is 0 Å². The number of rotatable bonds is 20. The number of carboxylic acid groups (broad SMARTS) is 1. The van der Waals surface area contributed by atoms with Gasteiger partial charge in [0, 0.05) is 26.1 Å². The molecule has 0 aliphatic carbocycles. The number of halogens is 1. The minimum atomic E-state index is -1.40. The van der Waals surface area contributed by atoms with Gasteiger partial charge >= 0.3 is 5.97 Å². The highest BCUT2D eigenvalue weighted by Gasteiger charge is 2.40. The zero-order chi connectivity index (χ0) is 37.4. The second-order valence-electron chi connectivity index (χ2n) is 14.1. The molecule has 2 aromatic rings. The van der Waals surface area contributed by atoms with Gasteiger partial charge in [0.2, 0.25) is 23.6 Å². The van der Waals surface area contributed by atoms with Gasteiger partial charge in [-0.15, -0.1) is 12.4 Å². The van der Waals surface area contributed by atoms with Gasteiger partial charge in [-0.1, -0.05) is 81.4 Å². The van der Waals surface area contributed by atoms with Crippen LogP contribution < -0.4 is 32.7 Å². The number of aliphatic carboxylic acids is 1. The molecule has 4 atom stereocenters. The van der Waals surface area contributed by atoms with Gasteiger partial charge in [0.25, 0.3) is 0 Å². The largest absolute Gasteiger partial charge is 0.480 e. The number of likely N-dealkylation sites (tertiary alicyclic amines) is 1. The summed E-state index contributed by atoms with van der Waals surface area (Å²) in [7, 11) is 0. The van der Waals surface area contributed by atoms with Gasteiger partial charge in [-0.05, 0) is 68.0 Å². The van der Waals surface area contributed by atoms with E-state index in [4.69, 9.17) is 11.5 Å². The summed E-state index contributed by atoms with van der Waals surface area (Å²) in [6.07, 6.45) is 2.27. The fourth-order valence-corrected chi connectivity index (χ4v) is 6.16. The lowest BCUT2D eigenvalue weighted by Gasteiger charge is -2.38. The van der Waals surface area contributed by atoms with Gasteiger partial charge in [0.05, 0.1) is 6.54 Å². The van der Waals surface area contributed by atoms with Crippen LogP contribution >= 0.6 is 12.4 Å². The summed E-state index contributed by atoms with van der Waals surface area (Å²) in [6.45, 7) is 7.22. The van der Waals surface area contributed by atoms with Crippen LogP contribution in [0.3, 0.4) is 0 Å². The molecule has 0 bridgehead atoms. The summed E-state index contributed by atoms with van der Waals surface area (Å²) < 4.78 is 0. The summed E-state index contributed by atoms with van der Waals surface area (Å²) in [5, 5.41) is 21.3. The summed E-state index contributed by atoms with van der Waals surface area (Å²) in [5.41, 5.74) is 12.3. The van der Waals surface area contributed by atoms with Crippen molar-refractivity contribution in [3.63, 3.8) is 0 Å². The molecule has 0 saturated carbocycles. The van der Waals surface area contributed by atoms with E-state index in [0.717, 1.165) is 11.1 Å². The topological polar surface area (TPSA) is 209 Å². The van der Waals surface area contributed by atoms with E-state index in [9.17, 15) is 29.1 Å². The zero-order valence-corrected chi connectivity index (χ0v) is 31.5. The summed E-state index contributed by atoms with van der Waals surface area (Å²) in [4.78, 5) is 67.7. The number of benzene rings is 2. The minimum Gasteiger partial charge on any atom is -0.480 e. The molecule has 288 valence electrons. The molecule has 1 aliphatic heterocycles. The van der Waals surface area contributed by atoms with Gasteiger partial charge in [-0.25, -0.2) is 0 Å². The van der Waals surface area contributed by atoms with Gasteiger partial charge in [0.1, 0.15) is 23.7 Å². The maximum absolute atomic E-state index is 13.9. The average molecular weight is 744 g/mol. The lowest BCUT2D eigenvalue weighted by molar-refractivity contribution is -0.148. The lowest BCUT2D eigenvalue weighted by atomic mass is 9.88. The Bertz CT molecular complexity index is 1420. The van der Waals surface area contributed by atoms with Gasteiger partial charge in [-0.2, -0.15) is 0 Å². The first-order valence-electron chi connectivity index (χ1n) is 18.0. The monoisotopic (exact) mass is 743 g/mol. The predicted molar refractivity (Wildman–Crippen MR) is 204 cm³/mol. The molecule has 0 radical (unpaired) electrons. The fraction of sp³-hybridized carbons (Fsp3) is 0.553. The Balaban J connectivity index is 0.00000936. The summed E-state index contributed by atoms with van der Waals surface area (Å²) in [6, 6.07) is 16.5. The molecular weight excluding hydrogens is 686 g/mol. The van der Waals surface area contributed by atoms with Crippen LogP contribution in [0.4, 0.5) is 0 Å². The molecule has 0 aromatic heterocycles. The Kier molecular flexibility index (Phi) is 18.8. The minimum absolute atomic E-state index is 0. The van der Waals surface area contributed by atoms with Crippen molar-refractivity contribution in [2.45, 2.75) is 95.3 Å². The number of unbranched alkanes of at least 4 members (excludes halogenated alkanes) is 1. The van der Waals surface area contributed by atoms with Crippen molar-refractivity contribution in [3.8, 4) is 0 Å². The second kappa shape index (κ2) is 22.1. The average Bonchev–Trinajstić information content (AvgIpc) is 3.11. The van der Waals surface area contributed by atoms with E-state index in [1.54, 1.807) is 0 Å². The number of carbonyl (C=O) groups excluding carboxylic acids is 4. The van der Waals surface area contributed by atoms with E-state index in [2.05, 4.69) is 28.2 Å². The van der Waals surface area contributed by atoms with Crippen LogP contribution in [0, 0.1) is 5.92 Å². The van der Waals surface area contributed by atoms with Crippen LogP contribution in [0.2, 0.25) is 0 Å². The van der Waals surface area contributed by atoms with E-state index >= 15 is 0 Å². The number of hydrogen-bond acceptors (Lipinski definition) is 8. The standard InChI is InChI=1S/C38H57N7O6.ClH/c1-26(2)22-31(34(47)43-30(16-10-11-19-39)36(49)45-20-17-38(40,18-21-45)37(50)51)44-35(48)32(23-28-12-6-4-7-13-28)42-33(46)25-41-24-27(3)29-14-8-5-9-15-29;/h4-9,12-15,26-27,30-32,41H,10-11,16-25,39-40H2,1-3H3,(H,42,46)(H,43,47)(H,44,48)(H,50,51);1H/t27-,30+,31+,32+;/m0./s1. The van der Waals surface area contributed by atoms with Crippen LogP contribution in [-0.4, -0.2) is 96.0 Å². The van der Waals surface area contributed by atoms with Gasteiger partial charge in [-0.3, -0.25) is 24.0 Å². The van der Waals surface area contributed by atoms with Crippen molar-refractivity contribution < 1.29 is 29.1 Å². The Hall–Kier alpha value is -4.04. The maximum atomic E-state index is 13.9. The number of piperidine rings is 1. The van der Waals surface area contributed by atoms with E-state index in [1.807, 2.05) is 74.5 Å². The van der Waals surface area contributed by atoms with Crippen LogP contribution in [0.5, 0.6) is 0 Å². The van der Waals surface area contributed by atoms with E-state index in [0.29, 0.717) is 38.8 Å². The first kappa shape index (κ1) is 44.1. The van der Waals surface area contributed by atoms with E-state index in [-0.39, 0.29) is 75.0 Å². The van der Waals surface area contributed by atoms with Crippen LogP contribution in [0.15, 0.2) is 60.7 Å². The van der Waals surface area contributed by atoms with Crippen LogP contribution in [0.1, 0.15) is 76.3 Å². The maximum Gasteiger partial charge on any atom is 0.323 e. The second-order valence-corrected chi connectivity index (χ2v) is 14.1. The number of nitrogens with one attached hydrogen (secondary N) is 4. The molecule has 9 N–H and O–H groups in total. The van der Waals surface area contributed by atoms with Gasteiger partial charge < -0.3 is 42.7 Å². The molecule has 3 rings (SSSR count). The first-order valence-corrected chi connectivity index (χ1v) is 18.0. The number of carbonyl (C=O) groups is 5. The molecule has 0 unspecified atom stereocenters. The number of nitrogens with two attached hydrogens (primary N) is 2. The molecule has 13 nitrogen and oxygen atoms in total. The zero-order valence-electron chi connectivity index (χ0n) is 30.6. The molecular formula is C38H58ClN7O6. The molecule has 1 aliphatic rings. The summed E-state index contributed by atoms with van der Waals surface area (Å²) >= 11 is 0. The number of carboxylic acids is 1. The SMILES string of the molecule is CC(C)C[C@@H](NC(=O)[C@@H](Cc1ccccc1)NC(=O)CNC[C@H](C)c1ccccc1)C(=O)N[C@H](CCCCN)C(=O)N1CCC(N)(C(=O)O)CC1.Cl. The quantitative estimate of drug-likeness (QED) is 0.0990. The number of nitrogens with zero attached hydrogens (tertiary/aromatic N) is 1. The van der Waals surface area contributed by atoms with Gasteiger partial charge in [0.15, 0.2) is 0 Å². The Morgan fingerprint density at radius 3 is 1.98 bits per heavy atom. The van der Waals surface area contributed by atoms with Crippen molar-refractivity contribution in [2.24, 2.45) is 17.4 Å². The number of hydrogen-bond donors (Lipinski definition) is 7. The molecule has 2 aromatic carbocycles. The van der Waals surface area contributed by atoms with Crippen molar-refractivity contribution in [1.82, 2.24) is 26.2 Å². The van der Waals surface area contributed by atoms with Crippen molar-refractivity contribution in [3.05, 3.63) is 71.8 Å². The Labute approximate surface area is 313 Å². The molecule has 1 saturated heterocycles. The first-order chi connectivity index (χ1) is 24.3. The predicted octanol–water partition coefficient (Wildman–Crippen LogP) is 2.08. The Morgan fingerprint density at radius 2 is 1.40 bits per heavy atom. The molecule has 52 heavy (non-hydrogen) atoms. The van der Waals surface area contributed by atoms with E-state index < -0.39 is 41.4 Å². The van der Waals surface area contributed by atoms with E-state index in [1.165, 1.54) is 4.90 Å². The molecule has 1 fully saturated rings. The fourth-order valence-electron chi connectivity index (χ4n) is 6.16. The summed E-state index contributed by atoms with van der Waals surface area (Å²) in [5.74, 6) is -2.62. The van der Waals surface area contributed by atoms with Crippen molar-refractivity contribution in [2.75, 3.05) is 32.7 Å². The molecule has 0 spiro atoms. The van der Waals surface area contributed by atoms with Crippen molar-refractivity contribution >= 4 is 42.0 Å². The smallest absolute Gasteiger partial charge is 0.323 e. The highest BCUT2D eigenvalue weighted by molar-refractivity contribution is 5.94. The Morgan fingerprint density at radius 1 is 0.827 bits per heavy atom. The lowest BCUT2D eigenvalue weighted by Crippen LogP contribution is -2.60. The number of amides is 4. The molecule has 1 heterocycles. The third kappa shape index (κ3) is 14.2. The van der Waals surface area contributed by atoms with Crippen LogP contribution in [0.25, 0.3) is 0 Å². The third-order valence-electron chi connectivity index (χ3n) is 9.33.